The lowest BCUT2D eigenvalue weighted by Crippen LogP contribution is -2.09. The average molecular weight is 350 g/mol. The van der Waals surface area contributed by atoms with Crippen molar-refractivity contribution in [3.8, 4) is 5.75 Å². The number of rotatable bonds is 6. The fraction of sp³-hybridized carbons (Fsp3) is 0.238. The number of nitrogens with one attached hydrogen (secondary N) is 1. The maximum absolute atomic E-state index is 12.5. The van der Waals surface area contributed by atoms with Crippen molar-refractivity contribution in [1.29, 1.82) is 0 Å². The Labute approximate surface area is 153 Å². The molecule has 26 heavy (non-hydrogen) atoms. The molecule has 2 aromatic carbocycles. The molecule has 0 saturated carbocycles. The Morgan fingerprint density at radius 3 is 2.69 bits per heavy atom. The lowest BCUT2D eigenvalue weighted by molar-refractivity contribution is 0.0527. The Morgan fingerprint density at radius 1 is 1.15 bits per heavy atom. The van der Waals surface area contributed by atoms with E-state index >= 15 is 0 Å². The zero-order valence-electron chi connectivity index (χ0n) is 15.2. The molecule has 3 rings (SSSR count). The van der Waals surface area contributed by atoms with Crippen LogP contribution >= 0.6 is 0 Å². The van der Waals surface area contributed by atoms with Crippen LogP contribution in [0.3, 0.4) is 0 Å². The van der Waals surface area contributed by atoms with Crippen molar-refractivity contribution in [1.82, 2.24) is 4.98 Å². The highest BCUT2D eigenvalue weighted by atomic mass is 16.5. The van der Waals surface area contributed by atoms with Crippen molar-refractivity contribution in [2.45, 2.75) is 20.3 Å². The number of ether oxygens (including phenoxy) is 2. The summed E-state index contributed by atoms with van der Waals surface area (Å²) in [6, 6.07) is 13.6. The van der Waals surface area contributed by atoms with Gasteiger partial charge in [0.15, 0.2) is 0 Å². The molecule has 0 aliphatic carbocycles. The van der Waals surface area contributed by atoms with Gasteiger partial charge in [0.05, 0.1) is 24.9 Å². The number of aryl methyl sites for hydroxylation is 1. The molecule has 0 amide bonds. The van der Waals surface area contributed by atoms with E-state index in [-0.39, 0.29) is 0 Å². The molecule has 5 heteroatoms. The summed E-state index contributed by atoms with van der Waals surface area (Å²) in [7, 11) is 1.62. The molecule has 5 nitrogen and oxygen atoms in total. The molecule has 0 aliphatic rings. The first-order valence-electron chi connectivity index (χ1n) is 8.66. The highest BCUT2D eigenvalue weighted by molar-refractivity contribution is 6.06. The van der Waals surface area contributed by atoms with Crippen LogP contribution < -0.4 is 10.1 Å². The van der Waals surface area contributed by atoms with E-state index in [2.05, 4.69) is 23.3 Å². The second-order valence-corrected chi connectivity index (χ2v) is 5.79. The van der Waals surface area contributed by atoms with Gasteiger partial charge in [0.1, 0.15) is 11.3 Å². The third-order valence-electron chi connectivity index (χ3n) is 4.20. The summed E-state index contributed by atoms with van der Waals surface area (Å²) in [5.41, 5.74) is 3.94. The molecular formula is C21H22N2O3. The van der Waals surface area contributed by atoms with E-state index in [0.29, 0.717) is 17.9 Å². The molecule has 0 spiro atoms. The molecular weight excluding hydrogens is 328 g/mol. The monoisotopic (exact) mass is 350 g/mol. The van der Waals surface area contributed by atoms with Gasteiger partial charge >= 0.3 is 5.97 Å². The Bertz CT molecular complexity index is 938. The molecule has 3 aromatic rings. The topological polar surface area (TPSA) is 60.5 Å². The van der Waals surface area contributed by atoms with E-state index in [4.69, 9.17) is 9.47 Å². The van der Waals surface area contributed by atoms with E-state index < -0.39 is 5.97 Å². The fourth-order valence-corrected chi connectivity index (χ4v) is 2.91. The number of carbonyl (C=O) groups is 1. The number of esters is 1. The van der Waals surface area contributed by atoms with E-state index in [1.807, 2.05) is 36.4 Å². The zero-order valence-corrected chi connectivity index (χ0v) is 15.2. The highest BCUT2D eigenvalue weighted by Gasteiger charge is 2.18. The molecule has 0 atom stereocenters. The highest BCUT2D eigenvalue weighted by Crippen LogP contribution is 2.32. The first kappa shape index (κ1) is 17.7. The standard InChI is InChI=1S/C21H22N2O3/c1-4-14-8-6-11-17-19(14)22-13-18(21(24)26-5-2)20(17)23-15-9-7-10-16(12-15)25-3/h6-13H,4-5H2,1-3H3,(H,22,23). The molecule has 1 aromatic heterocycles. The van der Waals surface area contributed by atoms with E-state index in [0.717, 1.165) is 34.3 Å². The first-order chi connectivity index (χ1) is 12.7. The van der Waals surface area contributed by atoms with Crippen LogP contribution in [0.1, 0.15) is 29.8 Å². The molecule has 1 N–H and O–H groups in total. The van der Waals surface area contributed by atoms with Crippen molar-refractivity contribution < 1.29 is 14.3 Å². The number of para-hydroxylation sites is 1. The van der Waals surface area contributed by atoms with Crippen LogP contribution in [-0.2, 0) is 11.2 Å². The van der Waals surface area contributed by atoms with Crippen LogP contribution in [0.5, 0.6) is 5.75 Å². The average Bonchev–Trinajstić information content (AvgIpc) is 2.68. The number of methoxy groups -OCH3 is 1. The minimum atomic E-state index is -0.394. The second-order valence-electron chi connectivity index (χ2n) is 5.79. The van der Waals surface area contributed by atoms with Crippen LogP contribution in [0.25, 0.3) is 10.9 Å². The summed E-state index contributed by atoms with van der Waals surface area (Å²) < 4.78 is 10.5. The minimum Gasteiger partial charge on any atom is -0.497 e. The maximum Gasteiger partial charge on any atom is 0.341 e. The van der Waals surface area contributed by atoms with E-state index in [9.17, 15) is 4.79 Å². The summed E-state index contributed by atoms with van der Waals surface area (Å²) in [6.07, 6.45) is 2.45. The van der Waals surface area contributed by atoms with Gasteiger partial charge in [0, 0.05) is 23.3 Å². The van der Waals surface area contributed by atoms with Crippen molar-refractivity contribution in [3.05, 3.63) is 59.8 Å². The van der Waals surface area contributed by atoms with Gasteiger partial charge in [-0.05, 0) is 31.0 Å². The quantitative estimate of drug-likeness (QED) is 0.652. The van der Waals surface area contributed by atoms with Crippen molar-refractivity contribution >= 4 is 28.2 Å². The summed E-state index contributed by atoms with van der Waals surface area (Å²) in [5, 5.41) is 4.25. The number of hydrogen-bond acceptors (Lipinski definition) is 5. The van der Waals surface area contributed by atoms with Gasteiger partial charge in [0.25, 0.3) is 0 Å². The van der Waals surface area contributed by atoms with Crippen molar-refractivity contribution in [3.63, 3.8) is 0 Å². The summed E-state index contributed by atoms with van der Waals surface area (Å²) in [6.45, 7) is 4.19. The number of aromatic nitrogens is 1. The molecule has 0 unspecified atom stereocenters. The summed E-state index contributed by atoms with van der Waals surface area (Å²) >= 11 is 0. The van der Waals surface area contributed by atoms with Gasteiger partial charge in [-0.1, -0.05) is 31.2 Å². The van der Waals surface area contributed by atoms with Crippen molar-refractivity contribution in [2.75, 3.05) is 19.0 Å². The molecule has 0 fully saturated rings. The molecule has 0 saturated heterocycles. The third kappa shape index (κ3) is 3.47. The van der Waals surface area contributed by atoms with Gasteiger partial charge in [-0.25, -0.2) is 4.79 Å². The molecule has 0 bridgehead atoms. The van der Waals surface area contributed by atoms with Crippen LogP contribution in [0.15, 0.2) is 48.7 Å². The number of anilines is 2. The predicted octanol–water partition coefficient (Wildman–Crippen LogP) is 4.73. The van der Waals surface area contributed by atoms with Crippen LogP contribution in [0.2, 0.25) is 0 Å². The van der Waals surface area contributed by atoms with Gasteiger partial charge in [-0.2, -0.15) is 0 Å². The van der Waals surface area contributed by atoms with Crippen LogP contribution in [-0.4, -0.2) is 24.7 Å². The van der Waals surface area contributed by atoms with E-state index in [1.54, 1.807) is 20.2 Å². The second kappa shape index (κ2) is 7.87. The Balaban J connectivity index is 2.17. The SMILES string of the molecule is CCOC(=O)c1cnc2c(CC)cccc2c1Nc1cccc(OC)c1. The maximum atomic E-state index is 12.5. The van der Waals surface area contributed by atoms with E-state index in [1.165, 1.54) is 0 Å². The van der Waals surface area contributed by atoms with Gasteiger partial charge in [-0.15, -0.1) is 0 Å². The fourth-order valence-electron chi connectivity index (χ4n) is 2.91. The summed E-state index contributed by atoms with van der Waals surface area (Å²) in [4.78, 5) is 17.0. The van der Waals surface area contributed by atoms with Gasteiger partial charge < -0.3 is 14.8 Å². The Kier molecular flexibility index (Phi) is 5.37. The first-order valence-corrected chi connectivity index (χ1v) is 8.66. The summed E-state index contributed by atoms with van der Waals surface area (Å²) in [5.74, 6) is 0.342. The largest absolute Gasteiger partial charge is 0.497 e. The molecule has 0 radical (unpaired) electrons. The smallest absolute Gasteiger partial charge is 0.341 e. The van der Waals surface area contributed by atoms with Crippen LogP contribution in [0, 0.1) is 0 Å². The predicted molar refractivity (Wildman–Crippen MR) is 103 cm³/mol. The Morgan fingerprint density at radius 2 is 1.96 bits per heavy atom. The molecule has 134 valence electrons. The van der Waals surface area contributed by atoms with Gasteiger partial charge in [-0.3, -0.25) is 4.98 Å². The van der Waals surface area contributed by atoms with Gasteiger partial charge in [0.2, 0.25) is 0 Å². The third-order valence-corrected chi connectivity index (χ3v) is 4.20. The molecule has 0 aliphatic heterocycles. The zero-order chi connectivity index (χ0) is 18.5. The number of pyridine rings is 1. The number of fused-ring (bicyclic) bond motifs is 1. The number of hydrogen-bond donors (Lipinski definition) is 1. The number of benzene rings is 2. The van der Waals surface area contributed by atoms with Crippen LogP contribution in [0.4, 0.5) is 11.4 Å². The Hall–Kier alpha value is -3.08. The normalized spacial score (nSPS) is 10.6. The minimum absolute atomic E-state index is 0.310. The molecule has 1 heterocycles. The van der Waals surface area contributed by atoms with Crippen molar-refractivity contribution in [2.24, 2.45) is 0 Å². The lowest BCUT2D eigenvalue weighted by atomic mass is 10.0. The lowest BCUT2D eigenvalue weighted by Gasteiger charge is -2.16. The number of carbonyl (C=O) groups excluding carboxylic acids is 1. The number of nitrogens with zero attached hydrogens (tertiary/aromatic N) is 1.